The zero-order chi connectivity index (χ0) is 14.3. The molecule has 0 bridgehead atoms. The number of aromatic nitrogens is 1. The Morgan fingerprint density at radius 3 is 2.68 bits per heavy atom. The van der Waals surface area contributed by atoms with E-state index in [1.807, 2.05) is 13.8 Å². The highest BCUT2D eigenvalue weighted by atomic mass is 16.5. The molecule has 0 radical (unpaired) electrons. The number of ether oxygens (including phenoxy) is 1. The minimum Gasteiger partial charge on any atom is -0.445 e. The molecule has 2 N–H and O–H groups in total. The van der Waals surface area contributed by atoms with Crippen LogP contribution in [0.5, 0.6) is 0 Å². The number of carbonyl (C=O) groups excluding carboxylic acids is 2. The Morgan fingerprint density at radius 1 is 1.42 bits per heavy atom. The lowest BCUT2D eigenvalue weighted by Crippen LogP contribution is -2.48. The lowest BCUT2D eigenvalue weighted by molar-refractivity contribution is -0.123. The van der Waals surface area contributed by atoms with Crippen LogP contribution in [-0.4, -0.2) is 30.1 Å². The van der Waals surface area contributed by atoms with Gasteiger partial charge in [0.05, 0.1) is 0 Å². The second kappa shape index (κ2) is 7.35. The number of rotatable bonds is 5. The molecule has 1 unspecified atom stereocenters. The molecule has 0 aliphatic heterocycles. The largest absolute Gasteiger partial charge is 0.445 e. The average Bonchev–Trinajstić information content (AvgIpc) is 2.42. The van der Waals surface area contributed by atoms with Crippen molar-refractivity contribution in [3.05, 3.63) is 30.1 Å². The lowest BCUT2D eigenvalue weighted by atomic mass is 10.0. The van der Waals surface area contributed by atoms with Crippen LogP contribution in [0.3, 0.4) is 0 Å². The molecule has 0 saturated heterocycles. The van der Waals surface area contributed by atoms with E-state index in [4.69, 9.17) is 4.74 Å². The van der Waals surface area contributed by atoms with Crippen LogP contribution in [0, 0.1) is 5.92 Å². The van der Waals surface area contributed by atoms with Gasteiger partial charge >= 0.3 is 6.09 Å². The van der Waals surface area contributed by atoms with Crippen LogP contribution in [0.4, 0.5) is 4.79 Å². The van der Waals surface area contributed by atoms with Gasteiger partial charge in [0.15, 0.2) is 0 Å². The van der Waals surface area contributed by atoms with Crippen LogP contribution in [0.25, 0.3) is 0 Å². The highest BCUT2D eigenvalue weighted by Crippen LogP contribution is 2.03. The summed E-state index contributed by atoms with van der Waals surface area (Å²) in [5.74, 6) is -0.265. The highest BCUT2D eigenvalue weighted by Gasteiger charge is 2.23. The third-order valence-corrected chi connectivity index (χ3v) is 2.56. The van der Waals surface area contributed by atoms with Gasteiger partial charge in [0, 0.05) is 25.0 Å². The van der Waals surface area contributed by atoms with E-state index in [9.17, 15) is 9.59 Å². The molecule has 0 saturated carbocycles. The molecule has 0 fully saturated rings. The van der Waals surface area contributed by atoms with E-state index in [2.05, 4.69) is 15.6 Å². The second-order valence-electron chi connectivity index (χ2n) is 4.42. The van der Waals surface area contributed by atoms with Crippen LogP contribution in [0.2, 0.25) is 0 Å². The van der Waals surface area contributed by atoms with Crippen molar-refractivity contribution in [2.45, 2.75) is 26.5 Å². The van der Waals surface area contributed by atoms with E-state index in [0.29, 0.717) is 0 Å². The second-order valence-corrected chi connectivity index (χ2v) is 4.42. The van der Waals surface area contributed by atoms with Crippen LogP contribution in [-0.2, 0) is 16.1 Å². The maximum Gasteiger partial charge on any atom is 0.408 e. The number of nitrogens with zero attached hydrogens (tertiary/aromatic N) is 1. The van der Waals surface area contributed by atoms with Gasteiger partial charge in [-0.05, 0) is 12.0 Å². The topological polar surface area (TPSA) is 80.3 Å². The Labute approximate surface area is 112 Å². The first-order chi connectivity index (χ1) is 9.04. The molecule has 0 aliphatic rings. The SMILES string of the molecule is CNC(=O)C(NC(=O)OCc1cccnc1)C(C)C. The Bertz CT molecular complexity index is 420. The molecule has 1 heterocycles. The third-order valence-electron chi connectivity index (χ3n) is 2.56. The summed E-state index contributed by atoms with van der Waals surface area (Å²) < 4.78 is 5.03. The maximum absolute atomic E-state index is 11.6. The minimum absolute atomic E-state index is 0.0223. The first kappa shape index (κ1) is 14.9. The summed E-state index contributed by atoms with van der Waals surface area (Å²) >= 11 is 0. The number of pyridine rings is 1. The number of hydrogen-bond donors (Lipinski definition) is 2. The Kier molecular flexibility index (Phi) is 5.78. The number of carbonyl (C=O) groups is 2. The summed E-state index contributed by atoms with van der Waals surface area (Å²) in [5, 5.41) is 5.05. The van der Waals surface area contributed by atoms with E-state index in [1.54, 1.807) is 24.5 Å². The lowest BCUT2D eigenvalue weighted by Gasteiger charge is -2.20. The standard InChI is InChI=1S/C13H19N3O3/c1-9(2)11(12(17)14-3)16-13(18)19-8-10-5-4-6-15-7-10/h4-7,9,11H,8H2,1-3H3,(H,14,17)(H,16,18). The number of likely N-dealkylation sites (N-methyl/N-ethyl adjacent to an activating group) is 1. The monoisotopic (exact) mass is 265 g/mol. The van der Waals surface area contributed by atoms with Gasteiger partial charge in [0.25, 0.3) is 0 Å². The Hall–Kier alpha value is -2.11. The van der Waals surface area contributed by atoms with Gasteiger partial charge in [0.1, 0.15) is 12.6 Å². The third kappa shape index (κ3) is 4.95. The maximum atomic E-state index is 11.6. The first-order valence-corrected chi connectivity index (χ1v) is 6.08. The van der Waals surface area contributed by atoms with E-state index >= 15 is 0 Å². The fourth-order valence-electron chi connectivity index (χ4n) is 1.49. The minimum atomic E-state index is -0.619. The number of alkyl carbamates (subject to hydrolysis) is 1. The van der Waals surface area contributed by atoms with Gasteiger partial charge in [-0.2, -0.15) is 0 Å². The quantitative estimate of drug-likeness (QED) is 0.834. The fourth-order valence-corrected chi connectivity index (χ4v) is 1.49. The molecule has 2 amide bonds. The number of hydrogen-bond acceptors (Lipinski definition) is 4. The molecular weight excluding hydrogens is 246 g/mol. The summed E-state index contributed by atoms with van der Waals surface area (Å²) in [6.07, 6.45) is 2.64. The Morgan fingerprint density at radius 2 is 2.16 bits per heavy atom. The van der Waals surface area contributed by atoms with Crippen LogP contribution >= 0.6 is 0 Å². The van der Waals surface area contributed by atoms with Crippen molar-refractivity contribution in [1.82, 2.24) is 15.6 Å². The molecule has 6 heteroatoms. The highest BCUT2D eigenvalue weighted by molar-refractivity contribution is 5.85. The molecule has 1 aromatic heterocycles. The number of amides is 2. The molecule has 0 aliphatic carbocycles. The normalized spacial score (nSPS) is 11.8. The van der Waals surface area contributed by atoms with Gasteiger partial charge in [-0.25, -0.2) is 4.79 Å². The Balaban J connectivity index is 2.47. The molecule has 19 heavy (non-hydrogen) atoms. The van der Waals surface area contributed by atoms with Crippen molar-refractivity contribution < 1.29 is 14.3 Å². The van der Waals surface area contributed by atoms with Gasteiger partial charge in [-0.3, -0.25) is 9.78 Å². The molecule has 1 atom stereocenters. The van der Waals surface area contributed by atoms with E-state index in [-0.39, 0.29) is 18.4 Å². The zero-order valence-electron chi connectivity index (χ0n) is 11.3. The van der Waals surface area contributed by atoms with Gasteiger partial charge in [-0.1, -0.05) is 19.9 Å². The molecular formula is C13H19N3O3. The van der Waals surface area contributed by atoms with E-state index in [0.717, 1.165) is 5.56 Å². The molecule has 0 spiro atoms. The van der Waals surface area contributed by atoms with Crippen LogP contribution < -0.4 is 10.6 Å². The van der Waals surface area contributed by atoms with E-state index in [1.165, 1.54) is 7.05 Å². The molecule has 1 rings (SSSR count). The van der Waals surface area contributed by atoms with E-state index < -0.39 is 12.1 Å². The van der Waals surface area contributed by atoms with Gasteiger partial charge in [0.2, 0.25) is 5.91 Å². The predicted octanol–water partition coefficient (Wildman–Crippen LogP) is 1.08. The average molecular weight is 265 g/mol. The predicted molar refractivity (Wildman–Crippen MR) is 70.3 cm³/mol. The molecule has 0 aromatic carbocycles. The fraction of sp³-hybridized carbons (Fsp3) is 0.462. The van der Waals surface area contributed by atoms with Crippen molar-refractivity contribution in [3.63, 3.8) is 0 Å². The summed E-state index contributed by atoms with van der Waals surface area (Å²) in [6.45, 7) is 3.82. The summed E-state index contributed by atoms with van der Waals surface area (Å²) in [4.78, 5) is 27.1. The summed E-state index contributed by atoms with van der Waals surface area (Å²) in [5.41, 5.74) is 0.790. The smallest absolute Gasteiger partial charge is 0.408 e. The zero-order valence-corrected chi connectivity index (χ0v) is 11.3. The van der Waals surface area contributed by atoms with Gasteiger partial charge in [-0.15, -0.1) is 0 Å². The van der Waals surface area contributed by atoms with Crippen molar-refractivity contribution in [3.8, 4) is 0 Å². The molecule has 104 valence electrons. The van der Waals surface area contributed by atoms with Crippen LogP contribution in [0.15, 0.2) is 24.5 Å². The van der Waals surface area contributed by atoms with Crippen molar-refractivity contribution in [2.75, 3.05) is 7.05 Å². The van der Waals surface area contributed by atoms with Crippen molar-refractivity contribution in [2.24, 2.45) is 5.92 Å². The van der Waals surface area contributed by atoms with Crippen molar-refractivity contribution >= 4 is 12.0 Å². The molecule has 1 aromatic rings. The molecule has 6 nitrogen and oxygen atoms in total. The summed E-state index contributed by atoms with van der Waals surface area (Å²) in [7, 11) is 1.53. The summed E-state index contributed by atoms with van der Waals surface area (Å²) in [6, 6.07) is 2.96. The van der Waals surface area contributed by atoms with Crippen LogP contribution in [0.1, 0.15) is 19.4 Å². The van der Waals surface area contributed by atoms with Gasteiger partial charge < -0.3 is 15.4 Å². The van der Waals surface area contributed by atoms with Crippen molar-refractivity contribution in [1.29, 1.82) is 0 Å². The number of nitrogens with one attached hydrogen (secondary N) is 2. The first-order valence-electron chi connectivity index (χ1n) is 6.08.